The Morgan fingerprint density at radius 2 is 2.03 bits per heavy atom. The van der Waals surface area contributed by atoms with E-state index >= 15 is 0 Å². The van der Waals surface area contributed by atoms with Crippen LogP contribution >= 0.6 is 11.3 Å². The number of carbonyl (C=O) groups is 3. The number of thiazole rings is 1. The molecule has 0 spiro atoms. The van der Waals surface area contributed by atoms with Gasteiger partial charge in [0.15, 0.2) is 5.57 Å². The molecule has 3 amide bonds. The Kier molecular flexibility index (Phi) is 8.34. The molecule has 1 aliphatic heterocycles. The van der Waals surface area contributed by atoms with Gasteiger partial charge in [-0.1, -0.05) is 6.07 Å². The van der Waals surface area contributed by atoms with Crippen LogP contribution in [0.3, 0.4) is 0 Å². The highest BCUT2D eigenvalue weighted by Gasteiger charge is 2.20. The minimum absolute atomic E-state index is 0.0662. The summed E-state index contributed by atoms with van der Waals surface area (Å²) in [4.78, 5) is 50.2. The Balaban J connectivity index is 1.81. The van der Waals surface area contributed by atoms with E-state index in [1.807, 2.05) is 6.07 Å². The summed E-state index contributed by atoms with van der Waals surface area (Å²) in [5.41, 5.74) is 0.496. The second kappa shape index (κ2) is 11.6. The van der Waals surface area contributed by atoms with Crippen molar-refractivity contribution >= 4 is 52.2 Å². The lowest BCUT2D eigenvalue weighted by Crippen LogP contribution is -2.34. The van der Waals surface area contributed by atoms with Gasteiger partial charge in [0.25, 0.3) is 11.5 Å². The molecule has 0 bridgehead atoms. The highest BCUT2D eigenvalue weighted by Crippen LogP contribution is 2.15. The molecule has 1 aliphatic rings. The summed E-state index contributed by atoms with van der Waals surface area (Å²) in [5, 5.41) is 28.8. The summed E-state index contributed by atoms with van der Waals surface area (Å²) in [6.45, 7) is 2.27. The van der Waals surface area contributed by atoms with E-state index in [9.17, 15) is 24.4 Å². The third-order valence-electron chi connectivity index (χ3n) is 4.86. The largest absolute Gasteiger partial charge is 0.360 e. The molecular formula is C22H22N8O4S. The van der Waals surface area contributed by atoms with Crippen molar-refractivity contribution in [1.82, 2.24) is 20.1 Å². The number of nitrogens with one attached hydrogen (secondary N) is 4. The molecule has 3 rings (SSSR count). The van der Waals surface area contributed by atoms with E-state index in [1.54, 1.807) is 42.2 Å². The second-order valence-corrected chi connectivity index (χ2v) is 8.34. The summed E-state index contributed by atoms with van der Waals surface area (Å²) in [6, 6.07) is 10.4. The topological polar surface area (TPSA) is 172 Å². The molecule has 13 heteroatoms. The van der Waals surface area contributed by atoms with Gasteiger partial charge in [-0.05, 0) is 25.1 Å². The first-order valence-corrected chi connectivity index (χ1v) is 11.3. The number of benzene rings is 1. The van der Waals surface area contributed by atoms with Crippen LogP contribution in [0.5, 0.6) is 0 Å². The minimum atomic E-state index is -0.727. The third kappa shape index (κ3) is 6.32. The van der Waals surface area contributed by atoms with E-state index in [1.165, 1.54) is 10.8 Å². The van der Waals surface area contributed by atoms with Crippen LogP contribution in [-0.4, -0.2) is 53.5 Å². The normalized spacial score (nSPS) is 14.5. The number of anilines is 2. The van der Waals surface area contributed by atoms with Crippen molar-refractivity contribution in [2.45, 2.75) is 13.5 Å². The fourth-order valence-corrected chi connectivity index (χ4v) is 4.35. The van der Waals surface area contributed by atoms with Gasteiger partial charge in [-0.25, -0.2) is 0 Å². The minimum Gasteiger partial charge on any atom is -0.360 e. The Hall–Kier alpha value is -4.46. The number of hydrogen-bond acceptors (Lipinski definition) is 9. The molecule has 0 atom stereocenters. The van der Waals surface area contributed by atoms with Gasteiger partial charge in [0, 0.05) is 24.1 Å². The van der Waals surface area contributed by atoms with Crippen LogP contribution in [0.2, 0.25) is 0 Å². The first-order valence-electron chi connectivity index (χ1n) is 10.5. The number of aromatic nitrogens is 1. The lowest BCUT2D eigenvalue weighted by atomic mass is 10.2. The van der Waals surface area contributed by atoms with Crippen molar-refractivity contribution in [1.29, 1.82) is 10.5 Å². The number of carbonyl (C=O) groups excluding carboxylic acids is 3. The molecule has 0 saturated carbocycles. The van der Waals surface area contributed by atoms with Gasteiger partial charge < -0.3 is 21.3 Å². The number of hydrogen-bond donors (Lipinski definition) is 4. The van der Waals surface area contributed by atoms with Crippen LogP contribution in [0.1, 0.15) is 6.92 Å². The molecule has 2 heterocycles. The van der Waals surface area contributed by atoms with Gasteiger partial charge in [-0.2, -0.15) is 10.5 Å². The molecule has 4 N–H and O–H groups in total. The van der Waals surface area contributed by atoms with Crippen LogP contribution in [-0.2, 0) is 20.9 Å². The molecular weight excluding hydrogens is 472 g/mol. The van der Waals surface area contributed by atoms with Crippen molar-refractivity contribution in [2.75, 3.05) is 36.9 Å². The summed E-state index contributed by atoms with van der Waals surface area (Å²) in [6.07, 6.45) is 1.47. The fraction of sp³-hybridized carbons (Fsp3) is 0.273. The average Bonchev–Trinajstić information content (AvgIpc) is 3.38. The number of nitrogens with zero attached hydrogens (tertiary/aromatic N) is 4. The summed E-state index contributed by atoms with van der Waals surface area (Å²) in [7, 11) is 0. The standard InChI is InChI=1S/C22H22N8O4S/c1-2-30-21(34)17(35-22(30)16(9-24)20(33)25-7-6-23)10-26-14-4-3-5-15(8-14)28-19(32)12-29-11-18(31)27-13-29/h3-5,8,10,26H,2,7,11-13H2,1H3,(H,25,33)(H,27,31)(H,28,32). The first kappa shape index (κ1) is 25.2. The maximum absolute atomic E-state index is 12.8. The van der Waals surface area contributed by atoms with Gasteiger partial charge in [-0.3, -0.25) is 28.6 Å². The van der Waals surface area contributed by atoms with Crippen molar-refractivity contribution < 1.29 is 14.4 Å². The molecule has 1 saturated heterocycles. The quantitative estimate of drug-likeness (QED) is 0.318. The molecule has 1 aromatic heterocycles. The van der Waals surface area contributed by atoms with Crippen LogP contribution in [0.25, 0.3) is 11.8 Å². The maximum atomic E-state index is 12.8. The van der Waals surface area contributed by atoms with E-state index in [0.29, 0.717) is 18.0 Å². The molecule has 0 unspecified atom stereocenters. The molecule has 0 aliphatic carbocycles. The highest BCUT2D eigenvalue weighted by molar-refractivity contribution is 7.07. The van der Waals surface area contributed by atoms with Crippen molar-refractivity contribution in [3.05, 3.63) is 43.8 Å². The van der Waals surface area contributed by atoms with Crippen LogP contribution in [0.4, 0.5) is 11.4 Å². The van der Waals surface area contributed by atoms with E-state index < -0.39 is 5.91 Å². The predicted molar refractivity (Wildman–Crippen MR) is 129 cm³/mol. The Labute approximate surface area is 203 Å². The fourth-order valence-electron chi connectivity index (χ4n) is 3.26. The van der Waals surface area contributed by atoms with Crippen LogP contribution in [0, 0.1) is 22.7 Å². The Morgan fingerprint density at radius 1 is 1.26 bits per heavy atom. The molecule has 1 fully saturated rings. The molecule has 0 radical (unpaired) electrons. The monoisotopic (exact) mass is 494 g/mol. The van der Waals surface area contributed by atoms with Crippen LogP contribution in [0.15, 0.2) is 29.1 Å². The second-order valence-electron chi connectivity index (χ2n) is 7.31. The van der Waals surface area contributed by atoms with Crippen LogP contribution < -0.4 is 36.0 Å². The molecule has 2 aromatic rings. The zero-order chi connectivity index (χ0) is 25.4. The maximum Gasteiger partial charge on any atom is 0.270 e. The lowest BCUT2D eigenvalue weighted by molar-refractivity contribution is -0.119. The van der Waals surface area contributed by atoms with E-state index in [2.05, 4.69) is 21.3 Å². The van der Waals surface area contributed by atoms with Crippen molar-refractivity contribution in [3.63, 3.8) is 0 Å². The number of rotatable bonds is 8. The zero-order valence-corrected chi connectivity index (χ0v) is 19.6. The van der Waals surface area contributed by atoms with E-state index in [4.69, 9.17) is 5.26 Å². The molecule has 12 nitrogen and oxygen atoms in total. The summed E-state index contributed by atoms with van der Waals surface area (Å²) < 4.78 is 1.78. The number of amides is 3. The Bertz CT molecular complexity index is 1410. The van der Waals surface area contributed by atoms with E-state index in [0.717, 1.165) is 11.3 Å². The van der Waals surface area contributed by atoms with Crippen molar-refractivity contribution in [3.8, 4) is 12.1 Å². The average molecular weight is 495 g/mol. The molecule has 35 heavy (non-hydrogen) atoms. The lowest BCUT2D eigenvalue weighted by Gasteiger charge is -2.12. The number of nitriles is 2. The first-order chi connectivity index (χ1) is 16.9. The van der Waals surface area contributed by atoms with Gasteiger partial charge in [-0.15, -0.1) is 11.3 Å². The molecule has 1 aromatic carbocycles. The zero-order valence-electron chi connectivity index (χ0n) is 18.8. The van der Waals surface area contributed by atoms with Gasteiger partial charge in [0.2, 0.25) is 11.8 Å². The Morgan fingerprint density at radius 3 is 2.69 bits per heavy atom. The van der Waals surface area contributed by atoms with Gasteiger partial charge >= 0.3 is 0 Å². The summed E-state index contributed by atoms with van der Waals surface area (Å²) in [5.74, 6) is -1.12. The van der Waals surface area contributed by atoms with Crippen molar-refractivity contribution in [2.24, 2.45) is 0 Å². The highest BCUT2D eigenvalue weighted by atomic mass is 32.1. The SMILES string of the molecule is CCn1c(=C(C#N)C(=O)NCC#N)sc(=CNc2cccc(NC(=O)CN3CNC(=O)C3)c2)c1=O. The van der Waals surface area contributed by atoms with E-state index in [-0.39, 0.29) is 58.3 Å². The smallest absolute Gasteiger partial charge is 0.270 e. The predicted octanol–water partition coefficient (Wildman–Crippen LogP) is -1.58. The van der Waals surface area contributed by atoms with Gasteiger partial charge in [0.05, 0.1) is 25.8 Å². The summed E-state index contributed by atoms with van der Waals surface area (Å²) >= 11 is 0.978. The molecule has 180 valence electrons. The van der Waals surface area contributed by atoms with Gasteiger partial charge in [0.1, 0.15) is 21.8 Å². The third-order valence-corrected chi connectivity index (χ3v) is 5.99.